The number of nitrogens with one attached hydrogen (secondary N) is 2. The molecule has 2 N–H and O–H groups in total. The molecule has 21 heavy (non-hydrogen) atoms. The predicted molar refractivity (Wildman–Crippen MR) is 77.4 cm³/mol. The van der Waals surface area contributed by atoms with Crippen molar-refractivity contribution in [1.82, 2.24) is 10.6 Å². The van der Waals surface area contributed by atoms with E-state index in [1.807, 2.05) is 0 Å². The molecule has 0 radical (unpaired) electrons. The highest BCUT2D eigenvalue weighted by Gasteiger charge is 2.16. The third kappa shape index (κ3) is 3.41. The zero-order valence-corrected chi connectivity index (χ0v) is 11.4. The molecule has 0 saturated carbocycles. The minimum Gasteiger partial charge on any atom is -0.484 e. The van der Waals surface area contributed by atoms with Crippen molar-refractivity contribution < 1.29 is 13.9 Å². The van der Waals surface area contributed by atoms with Crippen molar-refractivity contribution in [2.24, 2.45) is 0 Å². The van der Waals surface area contributed by atoms with Gasteiger partial charge in [0, 0.05) is 30.1 Å². The summed E-state index contributed by atoms with van der Waals surface area (Å²) in [6.45, 7) is 1.67. The smallest absolute Gasteiger partial charge is 0.336 e. The monoisotopic (exact) mass is 288 g/mol. The molecule has 1 fully saturated rings. The van der Waals surface area contributed by atoms with Gasteiger partial charge in [0.25, 0.3) is 5.91 Å². The lowest BCUT2D eigenvalue weighted by Crippen LogP contribution is -2.39. The Kier molecular flexibility index (Phi) is 3.87. The first-order chi connectivity index (χ1) is 10.2. The number of benzene rings is 1. The number of carbonyl (C=O) groups is 1. The maximum atomic E-state index is 11.8. The van der Waals surface area contributed by atoms with E-state index in [0.29, 0.717) is 11.3 Å². The fraction of sp³-hybridized carbons (Fsp3) is 0.333. The van der Waals surface area contributed by atoms with Gasteiger partial charge in [0.05, 0.1) is 0 Å². The SMILES string of the molecule is O=C(COc1ccc2ccc(=O)oc2c1)NC1CCNC1. The molecular formula is C15H16N2O4. The third-order valence-corrected chi connectivity index (χ3v) is 3.39. The molecule has 1 aliphatic rings. The number of hydrogen-bond acceptors (Lipinski definition) is 5. The topological polar surface area (TPSA) is 80.6 Å². The second-order valence-electron chi connectivity index (χ2n) is 5.00. The molecule has 110 valence electrons. The summed E-state index contributed by atoms with van der Waals surface area (Å²) in [4.78, 5) is 22.9. The maximum Gasteiger partial charge on any atom is 0.336 e. The quantitative estimate of drug-likeness (QED) is 0.807. The molecule has 0 aliphatic carbocycles. The lowest BCUT2D eigenvalue weighted by Gasteiger charge is -2.12. The first-order valence-electron chi connectivity index (χ1n) is 6.87. The van der Waals surface area contributed by atoms with Crippen LogP contribution in [0.5, 0.6) is 5.75 Å². The number of ether oxygens (including phenoxy) is 1. The normalized spacial score (nSPS) is 17.8. The second-order valence-corrected chi connectivity index (χ2v) is 5.00. The van der Waals surface area contributed by atoms with Crippen LogP contribution >= 0.6 is 0 Å². The van der Waals surface area contributed by atoms with E-state index in [1.54, 1.807) is 24.3 Å². The van der Waals surface area contributed by atoms with E-state index in [2.05, 4.69) is 10.6 Å². The molecule has 1 aliphatic heterocycles. The van der Waals surface area contributed by atoms with Gasteiger partial charge in [-0.3, -0.25) is 4.79 Å². The Labute approximate surface area is 121 Å². The van der Waals surface area contributed by atoms with Crippen LogP contribution in [0.4, 0.5) is 0 Å². The van der Waals surface area contributed by atoms with Crippen LogP contribution in [0.15, 0.2) is 39.5 Å². The van der Waals surface area contributed by atoms with E-state index in [-0.39, 0.29) is 18.6 Å². The van der Waals surface area contributed by atoms with Crippen LogP contribution in [-0.2, 0) is 4.79 Å². The van der Waals surface area contributed by atoms with Crippen molar-refractivity contribution in [3.8, 4) is 5.75 Å². The van der Waals surface area contributed by atoms with Gasteiger partial charge in [-0.05, 0) is 31.2 Å². The fourth-order valence-electron chi connectivity index (χ4n) is 2.33. The van der Waals surface area contributed by atoms with Gasteiger partial charge in [-0.2, -0.15) is 0 Å². The number of fused-ring (bicyclic) bond motifs is 1. The lowest BCUT2D eigenvalue weighted by molar-refractivity contribution is -0.123. The minimum absolute atomic E-state index is 0.0565. The average Bonchev–Trinajstić information content (AvgIpc) is 2.97. The summed E-state index contributed by atoms with van der Waals surface area (Å²) in [7, 11) is 0. The Morgan fingerprint density at radius 3 is 3.05 bits per heavy atom. The highest BCUT2D eigenvalue weighted by Crippen LogP contribution is 2.19. The Morgan fingerprint density at radius 2 is 2.24 bits per heavy atom. The molecule has 1 aromatic heterocycles. The van der Waals surface area contributed by atoms with Crippen LogP contribution in [0.25, 0.3) is 11.0 Å². The van der Waals surface area contributed by atoms with Gasteiger partial charge in [-0.15, -0.1) is 0 Å². The van der Waals surface area contributed by atoms with Gasteiger partial charge in [0.2, 0.25) is 0 Å². The molecule has 3 rings (SSSR count). The van der Waals surface area contributed by atoms with E-state index in [0.717, 1.165) is 24.9 Å². The van der Waals surface area contributed by atoms with Crippen molar-refractivity contribution in [1.29, 1.82) is 0 Å². The van der Waals surface area contributed by atoms with Crippen LogP contribution < -0.4 is 21.0 Å². The van der Waals surface area contributed by atoms with Gasteiger partial charge >= 0.3 is 5.63 Å². The zero-order chi connectivity index (χ0) is 14.7. The summed E-state index contributed by atoms with van der Waals surface area (Å²) in [6, 6.07) is 8.37. The minimum atomic E-state index is -0.411. The Balaban J connectivity index is 1.61. The highest BCUT2D eigenvalue weighted by atomic mass is 16.5. The van der Waals surface area contributed by atoms with Gasteiger partial charge in [-0.25, -0.2) is 4.79 Å². The van der Waals surface area contributed by atoms with E-state index >= 15 is 0 Å². The van der Waals surface area contributed by atoms with Crippen molar-refractivity contribution in [3.05, 3.63) is 40.8 Å². The first kappa shape index (κ1) is 13.6. The zero-order valence-electron chi connectivity index (χ0n) is 11.4. The molecule has 1 aromatic carbocycles. The van der Waals surface area contributed by atoms with Gasteiger partial charge in [-0.1, -0.05) is 0 Å². The van der Waals surface area contributed by atoms with Crippen molar-refractivity contribution in [2.75, 3.05) is 19.7 Å². The van der Waals surface area contributed by atoms with E-state index in [1.165, 1.54) is 6.07 Å². The largest absolute Gasteiger partial charge is 0.484 e. The standard InChI is InChI=1S/C15H16N2O4/c18-14(17-11-5-6-16-8-11)9-20-12-3-1-10-2-4-15(19)21-13(10)7-12/h1-4,7,11,16H,5-6,8-9H2,(H,17,18). The van der Waals surface area contributed by atoms with E-state index < -0.39 is 5.63 Å². The molecule has 0 spiro atoms. The van der Waals surface area contributed by atoms with E-state index in [9.17, 15) is 9.59 Å². The predicted octanol–water partition coefficient (Wildman–Crippen LogP) is 0.650. The Hall–Kier alpha value is -2.34. The third-order valence-electron chi connectivity index (χ3n) is 3.39. The summed E-state index contributed by atoms with van der Waals surface area (Å²) in [5, 5.41) is 6.88. The number of hydrogen-bond donors (Lipinski definition) is 2. The second kappa shape index (κ2) is 5.97. The fourth-order valence-corrected chi connectivity index (χ4v) is 2.33. The summed E-state index contributed by atoms with van der Waals surface area (Å²) >= 11 is 0. The summed E-state index contributed by atoms with van der Waals surface area (Å²) in [6.07, 6.45) is 0.937. The van der Waals surface area contributed by atoms with Gasteiger partial charge < -0.3 is 19.8 Å². The number of carbonyl (C=O) groups excluding carboxylic acids is 1. The molecule has 2 aromatic rings. The Bertz CT molecular complexity index is 704. The molecule has 2 heterocycles. The van der Waals surface area contributed by atoms with Crippen LogP contribution in [0.1, 0.15) is 6.42 Å². The van der Waals surface area contributed by atoms with Gasteiger partial charge in [0.1, 0.15) is 11.3 Å². The van der Waals surface area contributed by atoms with Crippen LogP contribution in [0.3, 0.4) is 0 Å². The molecule has 0 bridgehead atoms. The molecule has 1 atom stereocenters. The molecule has 1 amide bonds. The molecule has 1 saturated heterocycles. The van der Waals surface area contributed by atoms with Crippen molar-refractivity contribution >= 4 is 16.9 Å². The first-order valence-corrected chi connectivity index (χ1v) is 6.87. The number of rotatable bonds is 4. The van der Waals surface area contributed by atoms with Crippen LogP contribution in [-0.4, -0.2) is 31.6 Å². The van der Waals surface area contributed by atoms with Gasteiger partial charge in [0.15, 0.2) is 6.61 Å². The van der Waals surface area contributed by atoms with Crippen molar-refractivity contribution in [2.45, 2.75) is 12.5 Å². The van der Waals surface area contributed by atoms with Crippen molar-refractivity contribution in [3.63, 3.8) is 0 Å². The molecule has 1 unspecified atom stereocenters. The lowest BCUT2D eigenvalue weighted by atomic mass is 10.2. The maximum absolute atomic E-state index is 11.8. The van der Waals surface area contributed by atoms with E-state index in [4.69, 9.17) is 9.15 Å². The van der Waals surface area contributed by atoms with Crippen LogP contribution in [0, 0.1) is 0 Å². The average molecular weight is 288 g/mol. The molecule has 6 heteroatoms. The summed E-state index contributed by atoms with van der Waals surface area (Å²) in [5.74, 6) is 0.342. The Morgan fingerprint density at radius 1 is 1.38 bits per heavy atom. The summed E-state index contributed by atoms with van der Waals surface area (Å²) < 4.78 is 10.5. The summed E-state index contributed by atoms with van der Waals surface area (Å²) in [5.41, 5.74) is 0.0338. The molecular weight excluding hydrogens is 272 g/mol. The number of amides is 1. The molecule has 6 nitrogen and oxygen atoms in total. The van der Waals surface area contributed by atoms with Crippen LogP contribution in [0.2, 0.25) is 0 Å². The highest BCUT2D eigenvalue weighted by molar-refractivity contribution is 5.79.